The summed E-state index contributed by atoms with van der Waals surface area (Å²) in [4.78, 5) is 24.2. The molecule has 4 rings (SSSR count). The predicted molar refractivity (Wildman–Crippen MR) is 75.1 cm³/mol. The lowest BCUT2D eigenvalue weighted by molar-refractivity contribution is -0.155. The lowest BCUT2D eigenvalue weighted by Gasteiger charge is -2.56. The maximum absolute atomic E-state index is 12.8. The highest BCUT2D eigenvalue weighted by Crippen LogP contribution is 2.60. The number of carboxylic acids is 1. The van der Waals surface area contributed by atoms with E-state index in [1.807, 2.05) is 6.92 Å². The van der Waals surface area contributed by atoms with Crippen LogP contribution in [0.2, 0.25) is 0 Å². The van der Waals surface area contributed by atoms with Crippen molar-refractivity contribution >= 4 is 11.9 Å². The zero-order valence-electron chi connectivity index (χ0n) is 12.4. The molecule has 4 nitrogen and oxygen atoms in total. The van der Waals surface area contributed by atoms with Crippen LogP contribution in [-0.2, 0) is 9.59 Å². The Morgan fingerprint density at radius 1 is 1.15 bits per heavy atom. The first-order chi connectivity index (χ1) is 9.37. The van der Waals surface area contributed by atoms with E-state index in [1.54, 1.807) is 6.92 Å². The number of rotatable bonds is 4. The largest absolute Gasteiger partial charge is 0.480 e. The van der Waals surface area contributed by atoms with Gasteiger partial charge in [-0.3, -0.25) is 4.79 Å². The summed E-state index contributed by atoms with van der Waals surface area (Å²) < 4.78 is 0. The van der Waals surface area contributed by atoms with Crippen LogP contribution in [0, 0.1) is 23.2 Å². The summed E-state index contributed by atoms with van der Waals surface area (Å²) in [5.74, 6) is 1.17. The fourth-order valence-electron chi connectivity index (χ4n) is 5.06. The van der Waals surface area contributed by atoms with Gasteiger partial charge in [0.2, 0.25) is 5.91 Å². The van der Waals surface area contributed by atoms with Crippen LogP contribution in [0.4, 0.5) is 0 Å². The Morgan fingerprint density at radius 3 is 1.95 bits per heavy atom. The van der Waals surface area contributed by atoms with Crippen LogP contribution in [0.3, 0.4) is 0 Å². The highest BCUT2D eigenvalue weighted by molar-refractivity contribution is 5.90. The fraction of sp³-hybridized carbons (Fsp3) is 0.875. The van der Waals surface area contributed by atoms with Gasteiger partial charge in [0.05, 0.1) is 0 Å². The number of amides is 1. The highest BCUT2D eigenvalue weighted by Gasteiger charge is 2.55. The van der Waals surface area contributed by atoms with Gasteiger partial charge in [-0.25, -0.2) is 4.79 Å². The Hall–Kier alpha value is -1.06. The highest BCUT2D eigenvalue weighted by atomic mass is 16.4. The Morgan fingerprint density at radius 2 is 1.60 bits per heavy atom. The fourth-order valence-corrected chi connectivity index (χ4v) is 5.06. The zero-order valence-corrected chi connectivity index (χ0v) is 12.4. The average Bonchev–Trinajstić information content (AvgIpc) is 2.36. The molecule has 1 atom stereocenters. The van der Waals surface area contributed by atoms with E-state index in [9.17, 15) is 14.7 Å². The van der Waals surface area contributed by atoms with Crippen LogP contribution >= 0.6 is 0 Å². The minimum Gasteiger partial charge on any atom is -0.480 e. The smallest absolute Gasteiger partial charge is 0.329 e. The molecule has 20 heavy (non-hydrogen) atoms. The number of hydrogen-bond donors (Lipinski definition) is 2. The molecule has 1 amide bonds. The molecular formula is C16H25NO3. The van der Waals surface area contributed by atoms with Gasteiger partial charge in [0.1, 0.15) is 5.54 Å². The van der Waals surface area contributed by atoms with Gasteiger partial charge < -0.3 is 10.4 Å². The molecule has 2 N–H and O–H groups in total. The molecule has 0 aromatic heterocycles. The standard InChI is InChI=1S/C16H25NO3/c1-3-15(2,14(19)20)17-13(18)16-7-10-4-11(8-16)6-12(5-10)9-16/h10-12H,3-9H2,1-2H3,(H,17,18)(H,19,20). The molecule has 0 heterocycles. The molecule has 0 spiro atoms. The third-order valence-electron chi connectivity index (χ3n) is 6.09. The molecule has 0 aliphatic heterocycles. The van der Waals surface area contributed by atoms with Gasteiger partial charge in [0, 0.05) is 5.41 Å². The molecular weight excluding hydrogens is 254 g/mol. The van der Waals surface area contributed by atoms with Crippen molar-refractivity contribution < 1.29 is 14.7 Å². The normalized spacial score (nSPS) is 41.2. The molecule has 0 radical (unpaired) electrons. The summed E-state index contributed by atoms with van der Waals surface area (Å²) in [6, 6.07) is 0. The van der Waals surface area contributed by atoms with E-state index in [0.29, 0.717) is 24.2 Å². The monoisotopic (exact) mass is 279 g/mol. The minimum atomic E-state index is -1.12. The van der Waals surface area contributed by atoms with Crippen LogP contribution in [-0.4, -0.2) is 22.5 Å². The van der Waals surface area contributed by atoms with Crippen LogP contribution in [0.1, 0.15) is 58.8 Å². The SMILES string of the molecule is CCC(C)(NC(=O)C12CC3CC(CC(C3)C1)C2)C(=O)O. The second-order valence-electron chi connectivity index (χ2n) is 7.64. The van der Waals surface area contributed by atoms with E-state index in [-0.39, 0.29) is 11.3 Å². The summed E-state index contributed by atoms with van der Waals surface area (Å²) in [6.45, 7) is 3.43. The van der Waals surface area contributed by atoms with Gasteiger partial charge in [0.15, 0.2) is 0 Å². The first-order valence-corrected chi connectivity index (χ1v) is 7.93. The molecule has 112 valence electrons. The molecule has 4 bridgehead atoms. The average molecular weight is 279 g/mol. The molecule has 4 aliphatic carbocycles. The molecule has 1 unspecified atom stereocenters. The van der Waals surface area contributed by atoms with Crippen molar-refractivity contribution in [3.63, 3.8) is 0 Å². The van der Waals surface area contributed by atoms with Crippen molar-refractivity contribution in [3.8, 4) is 0 Å². The van der Waals surface area contributed by atoms with Gasteiger partial charge in [-0.15, -0.1) is 0 Å². The third-order valence-corrected chi connectivity index (χ3v) is 6.09. The van der Waals surface area contributed by atoms with Crippen molar-refractivity contribution in [1.29, 1.82) is 0 Å². The molecule has 4 aliphatic rings. The first-order valence-electron chi connectivity index (χ1n) is 7.93. The Kier molecular flexibility index (Phi) is 3.11. The quantitative estimate of drug-likeness (QED) is 0.831. The zero-order chi connectivity index (χ0) is 14.5. The maximum atomic E-state index is 12.8. The number of nitrogens with one attached hydrogen (secondary N) is 1. The summed E-state index contributed by atoms with van der Waals surface area (Å²) in [7, 11) is 0. The summed E-state index contributed by atoms with van der Waals surface area (Å²) in [5.41, 5.74) is -1.39. The topological polar surface area (TPSA) is 66.4 Å². The number of carboxylic acid groups (broad SMARTS) is 1. The van der Waals surface area contributed by atoms with E-state index in [0.717, 1.165) is 19.3 Å². The maximum Gasteiger partial charge on any atom is 0.329 e. The molecule has 0 aromatic rings. The lowest BCUT2D eigenvalue weighted by Crippen LogP contribution is -2.60. The summed E-state index contributed by atoms with van der Waals surface area (Å²) in [5, 5.41) is 12.2. The second kappa shape index (κ2) is 4.47. The second-order valence-corrected chi connectivity index (χ2v) is 7.64. The Labute approximate surface area is 120 Å². The van der Waals surface area contributed by atoms with E-state index in [1.165, 1.54) is 19.3 Å². The minimum absolute atomic E-state index is 0.00310. The van der Waals surface area contributed by atoms with Gasteiger partial charge in [-0.2, -0.15) is 0 Å². The summed E-state index contributed by atoms with van der Waals surface area (Å²) in [6.07, 6.45) is 7.21. The summed E-state index contributed by atoms with van der Waals surface area (Å²) >= 11 is 0. The van der Waals surface area contributed by atoms with Crippen molar-refractivity contribution in [1.82, 2.24) is 5.32 Å². The van der Waals surface area contributed by atoms with E-state index < -0.39 is 11.5 Å². The lowest BCUT2D eigenvalue weighted by atomic mass is 9.49. The van der Waals surface area contributed by atoms with Crippen molar-refractivity contribution in [3.05, 3.63) is 0 Å². The van der Waals surface area contributed by atoms with Gasteiger partial charge >= 0.3 is 5.97 Å². The van der Waals surface area contributed by atoms with E-state index >= 15 is 0 Å². The van der Waals surface area contributed by atoms with Crippen LogP contribution < -0.4 is 5.32 Å². The molecule has 0 saturated heterocycles. The predicted octanol–water partition coefficient (Wildman–Crippen LogP) is 2.57. The molecule has 4 heteroatoms. The van der Waals surface area contributed by atoms with Gasteiger partial charge in [-0.1, -0.05) is 6.92 Å². The Bertz CT molecular complexity index is 410. The van der Waals surface area contributed by atoms with Crippen molar-refractivity contribution in [2.24, 2.45) is 23.2 Å². The molecule has 0 aromatic carbocycles. The number of carbonyl (C=O) groups excluding carboxylic acids is 1. The van der Waals surface area contributed by atoms with Crippen LogP contribution in [0.15, 0.2) is 0 Å². The number of carbonyl (C=O) groups is 2. The van der Waals surface area contributed by atoms with Crippen LogP contribution in [0.25, 0.3) is 0 Å². The van der Waals surface area contributed by atoms with Crippen LogP contribution in [0.5, 0.6) is 0 Å². The van der Waals surface area contributed by atoms with Gasteiger partial charge in [-0.05, 0) is 69.6 Å². The van der Waals surface area contributed by atoms with E-state index in [2.05, 4.69) is 5.32 Å². The molecule has 4 fully saturated rings. The van der Waals surface area contributed by atoms with Crippen molar-refractivity contribution in [2.45, 2.75) is 64.3 Å². The number of aliphatic carboxylic acids is 1. The van der Waals surface area contributed by atoms with E-state index in [4.69, 9.17) is 0 Å². The molecule has 4 saturated carbocycles. The van der Waals surface area contributed by atoms with Gasteiger partial charge in [0.25, 0.3) is 0 Å². The number of hydrogen-bond acceptors (Lipinski definition) is 2. The third kappa shape index (κ3) is 2.04. The first kappa shape index (κ1) is 13.9. The Balaban J connectivity index is 1.79. The van der Waals surface area contributed by atoms with Crippen molar-refractivity contribution in [2.75, 3.05) is 0 Å².